The van der Waals surface area contributed by atoms with Crippen LogP contribution in [0.5, 0.6) is 5.75 Å². The highest BCUT2D eigenvalue weighted by Gasteiger charge is 2.17. The molecule has 2 rings (SSSR count). The number of nitro groups is 1. The van der Waals surface area contributed by atoms with Gasteiger partial charge < -0.3 is 10.1 Å². The molecule has 1 N–H and O–H groups in total. The molecular formula is C13H18N2O3S. The van der Waals surface area contributed by atoms with Crippen LogP contribution in [0.2, 0.25) is 0 Å². The smallest absolute Gasteiger partial charge is 0.311 e. The molecule has 1 atom stereocenters. The first-order chi connectivity index (χ1) is 9.20. The summed E-state index contributed by atoms with van der Waals surface area (Å²) in [6.07, 6.45) is 2.52. The molecular weight excluding hydrogens is 264 g/mol. The van der Waals surface area contributed by atoms with Crippen molar-refractivity contribution in [2.75, 3.05) is 24.2 Å². The number of ether oxygens (including phenoxy) is 1. The minimum absolute atomic E-state index is 0.0163. The number of rotatable bonds is 6. The average molecular weight is 282 g/mol. The number of hydrogen-bond donors (Lipinski definition) is 1. The maximum absolute atomic E-state index is 10.9. The maximum Gasteiger partial charge on any atom is 0.311 e. The predicted octanol–water partition coefficient (Wildman–Crippen LogP) is 3.30. The Kier molecular flexibility index (Phi) is 4.90. The van der Waals surface area contributed by atoms with E-state index in [1.165, 1.54) is 24.7 Å². The molecule has 0 spiro atoms. The Morgan fingerprint density at radius 3 is 3.05 bits per heavy atom. The molecule has 1 aliphatic rings. The van der Waals surface area contributed by atoms with Gasteiger partial charge in [-0.2, -0.15) is 11.8 Å². The van der Waals surface area contributed by atoms with Gasteiger partial charge in [-0.1, -0.05) is 0 Å². The van der Waals surface area contributed by atoms with Crippen LogP contribution >= 0.6 is 11.8 Å². The van der Waals surface area contributed by atoms with Crippen LogP contribution in [0.3, 0.4) is 0 Å². The van der Waals surface area contributed by atoms with Crippen LogP contribution in [-0.2, 0) is 0 Å². The summed E-state index contributed by atoms with van der Waals surface area (Å²) in [5.74, 6) is 1.56. The van der Waals surface area contributed by atoms with Gasteiger partial charge in [0.1, 0.15) is 0 Å². The van der Waals surface area contributed by atoms with Gasteiger partial charge in [0.05, 0.1) is 11.5 Å². The summed E-state index contributed by atoms with van der Waals surface area (Å²) < 4.78 is 5.32. The summed E-state index contributed by atoms with van der Waals surface area (Å²) >= 11 is 1.98. The predicted molar refractivity (Wildman–Crippen MR) is 78.2 cm³/mol. The lowest BCUT2D eigenvalue weighted by Crippen LogP contribution is -2.13. The average Bonchev–Trinajstić information content (AvgIpc) is 2.90. The second-order valence-corrected chi connectivity index (χ2v) is 5.80. The van der Waals surface area contributed by atoms with Crippen molar-refractivity contribution >= 4 is 23.1 Å². The van der Waals surface area contributed by atoms with Crippen molar-refractivity contribution in [1.82, 2.24) is 0 Å². The van der Waals surface area contributed by atoms with Crippen LogP contribution in [0.15, 0.2) is 18.2 Å². The van der Waals surface area contributed by atoms with Crippen LogP contribution < -0.4 is 10.1 Å². The zero-order valence-electron chi connectivity index (χ0n) is 10.9. The first-order valence-electron chi connectivity index (χ1n) is 6.47. The molecule has 1 saturated heterocycles. The molecule has 1 aliphatic heterocycles. The van der Waals surface area contributed by atoms with Crippen LogP contribution in [0.4, 0.5) is 11.4 Å². The fraction of sp³-hybridized carbons (Fsp3) is 0.538. The molecule has 6 heteroatoms. The number of hydrogen-bond acceptors (Lipinski definition) is 5. The SMILES string of the molecule is CCOc1cc(NCC2CCCS2)ccc1[N+](=O)[O-]. The first-order valence-corrected chi connectivity index (χ1v) is 7.52. The molecule has 19 heavy (non-hydrogen) atoms. The van der Waals surface area contributed by atoms with E-state index < -0.39 is 4.92 Å². The Morgan fingerprint density at radius 1 is 1.58 bits per heavy atom. The Balaban J connectivity index is 2.04. The molecule has 0 aromatic heterocycles. The van der Waals surface area contributed by atoms with Gasteiger partial charge in [0.2, 0.25) is 0 Å². The fourth-order valence-corrected chi connectivity index (χ4v) is 3.28. The van der Waals surface area contributed by atoms with Gasteiger partial charge in [-0.3, -0.25) is 10.1 Å². The van der Waals surface area contributed by atoms with E-state index in [-0.39, 0.29) is 5.69 Å². The Hall–Kier alpha value is -1.43. The molecule has 0 radical (unpaired) electrons. The minimum Gasteiger partial charge on any atom is -0.487 e. The number of nitro benzene ring substituents is 1. The van der Waals surface area contributed by atoms with Gasteiger partial charge in [0.25, 0.3) is 0 Å². The summed E-state index contributed by atoms with van der Waals surface area (Å²) in [6.45, 7) is 3.13. The van der Waals surface area contributed by atoms with Gasteiger partial charge in [0.15, 0.2) is 5.75 Å². The van der Waals surface area contributed by atoms with E-state index in [4.69, 9.17) is 4.74 Å². The summed E-state index contributed by atoms with van der Waals surface area (Å²) in [5.41, 5.74) is 0.893. The third-order valence-corrected chi connectivity index (χ3v) is 4.41. The molecule has 1 aromatic carbocycles. The van der Waals surface area contributed by atoms with E-state index in [0.29, 0.717) is 17.6 Å². The number of thioether (sulfide) groups is 1. The van der Waals surface area contributed by atoms with Gasteiger partial charge in [-0.25, -0.2) is 0 Å². The molecule has 5 nitrogen and oxygen atoms in total. The van der Waals surface area contributed by atoms with E-state index >= 15 is 0 Å². The molecule has 0 aliphatic carbocycles. The van der Waals surface area contributed by atoms with Crippen molar-refractivity contribution in [3.05, 3.63) is 28.3 Å². The maximum atomic E-state index is 10.9. The molecule has 1 aromatic rings. The largest absolute Gasteiger partial charge is 0.487 e. The van der Waals surface area contributed by atoms with Crippen molar-refractivity contribution in [2.24, 2.45) is 0 Å². The Labute approximate surface area is 116 Å². The van der Waals surface area contributed by atoms with Crippen molar-refractivity contribution in [1.29, 1.82) is 0 Å². The van der Waals surface area contributed by atoms with Crippen molar-refractivity contribution in [3.8, 4) is 5.75 Å². The molecule has 1 heterocycles. The summed E-state index contributed by atoms with van der Waals surface area (Å²) in [7, 11) is 0. The van der Waals surface area contributed by atoms with E-state index in [0.717, 1.165) is 12.2 Å². The van der Waals surface area contributed by atoms with Crippen LogP contribution in [-0.4, -0.2) is 29.1 Å². The standard InChI is InChI=1S/C13H18N2O3S/c1-2-18-13-8-10(5-6-12(13)15(16)17)14-9-11-4-3-7-19-11/h5-6,8,11,14H,2-4,7,9H2,1H3. The number of benzene rings is 1. The number of nitrogens with zero attached hydrogens (tertiary/aromatic N) is 1. The summed E-state index contributed by atoms with van der Waals surface area (Å²) in [4.78, 5) is 10.5. The zero-order chi connectivity index (χ0) is 13.7. The highest BCUT2D eigenvalue weighted by atomic mass is 32.2. The first kappa shape index (κ1) is 14.0. The second kappa shape index (κ2) is 6.65. The molecule has 1 fully saturated rings. The Bertz CT molecular complexity index is 448. The Morgan fingerprint density at radius 2 is 2.42 bits per heavy atom. The van der Waals surface area contributed by atoms with Crippen LogP contribution in [0, 0.1) is 10.1 Å². The second-order valence-electron chi connectivity index (χ2n) is 4.39. The lowest BCUT2D eigenvalue weighted by molar-refractivity contribution is -0.385. The molecule has 1 unspecified atom stereocenters. The lowest BCUT2D eigenvalue weighted by atomic mass is 10.2. The van der Waals surface area contributed by atoms with Crippen molar-refractivity contribution in [2.45, 2.75) is 25.0 Å². The normalized spacial score (nSPS) is 18.3. The summed E-state index contributed by atoms with van der Waals surface area (Å²) in [5, 5.41) is 14.8. The minimum atomic E-state index is -0.415. The van der Waals surface area contributed by atoms with Gasteiger partial charge in [-0.15, -0.1) is 0 Å². The van der Waals surface area contributed by atoms with E-state index in [2.05, 4.69) is 5.32 Å². The van der Waals surface area contributed by atoms with E-state index in [1.807, 2.05) is 18.7 Å². The molecule has 104 valence electrons. The van der Waals surface area contributed by atoms with Crippen LogP contribution in [0.1, 0.15) is 19.8 Å². The third-order valence-electron chi connectivity index (χ3n) is 3.01. The monoisotopic (exact) mass is 282 g/mol. The fourth-order valence-electron chi connectivity index (χ4n) is 2.08. The van der Waals surface area contributed by atoms with Gasteiger partial charge in [-0.05, 0) is 31.6 Å². The van der Waals surface area contributed by atoms with Gasteiger partial charge >= 0.3 is 5.69 Å². The van der Waals surface area contributed by atoms with Crippen molar-refractivity contribution < 1.29 is 9.66 Å². The van der Waals surface area contributed by atoms with E-state index in [1.54, 1.807) is 12.1 Å². The topological polar surface area (TPSA) is 64.4 Å². The third kappa shape index (κ3) is 3.76. The highest BCUT2D eigenvalue weighted by molar-refractivity contribution is 8.00. The van der Waals surface area contributed by atoms with Crippen molar-refractivity contribution in [3.63, 3.8) is 0 Å². The van der Waals surface area contributed by atoms with E-state index in [9.17, 15) is 10.1 Å². The number of anilines is 1. The summed E-state index contributed by atoms with van der Waals surface area (Å²) in [6, 6.07) is 4.94. The molecule has 0 amide bonds. The van der Waals surface area contributed by atoms with Gasteiger partial charge in [0, 0.05) is 29.6 Å². The quantitative estimate of drug-likeness (QED) is 0.640. The molecule has 0 saturated carbocycles. The lowest BCUT2D eigenvalue weighted by Gasteiger charge is -2.12. The highest BCUT2D eigenvalue weighted by Crippen LogP contribution is 2.31. The van der Waals surface area contributed by atoms with Crippen LogP contribution in [0.25, 0.3) is 0 Å². The number of nitrogens with one attached hydrogen (secondary N) is 1. The molecule has 0 bridgehead atoms. The zero-order valence-corrected chi connectivity index (χ0v) is 11.7.